The topological polar surface area (TPSA) is 44.4 Å². The molecule has 0 saturated carbocycles. The van der Waals surface area contributed by atoms with E-state index in [9.17, 15) is 4.79 Å². The van der Waals surface area contributed by atoms with Gasteiger partial charge in [-0.15, -0.1) is 0 Å². The van der Waals surface area contributed by atoms with Crippen molar-refractivity contribution in [1.82, 2.24) is 15.5 Å². The van der Waals surface area contributed by atoms with Crippen LogP contribution in [0.2, 0.25) is 0 Å². The van der Waals surface area contributed by atoms with Gasteiger partial charge in [0.05, 0.1) is 0 Å². The highest BCUT2D eigenvalue weighted by Crippen LogP contribution is 2.23. The van der Waals surface area contributed by atoms with E-state index in [1.54, 1.807) is 7.05 Å². The molecule has 0 bridgehead atoms. The number of rotatable bonds is 2. The zero-order valence-electron chi connectivity index (χ0n) is 11.0. The molecule has 2 aliphatic heterocycles. The standard InChI is InChI=1S/C13H25N3O/c1-10-9-12(3-6-15-10)16-7-4-11(5-8-16)13(17)14-2/h10-12,15H,3-9H2,1-2H3,(H,14,17). The monoisotopic (exact) mass is 239 g/mol. The molecule has 1 amide bonds. The van der Waals surface area contributed by atoms with Crippen LogP contribution in [0.4, 0.5) is 0 Å². The minimum Gasteiger partial charge on any atom is -0.359 e. The fourth-order valence-corrected chi connectivity index (χ4v) is 3.17. The Morgan fingerprint density at radius 2 is 2.00 bits per heavy atom. The van der Waals surface area contributed by atoms with E-state index in [0.29, 0.717) is 6.04 Å². The highest BCUT2D eigenvalue weighted by Gasteiger charge is 2.30. The predicted molar refractivity (Wildman–Crippen MR) is 68.9 cm³/mol. The molecule has 0 aromatic heterocycles. The van der Waals surface area contributed by atoms with Crippen LogP contribution in [-0.2, 0) is 4.79 Å². The quantitative estimate of drug-likeness (QED) is 0.741. The Labute approximate surface area is 104 Å². The van der Waals surface area contributed by atoms with Crippen LogP contribution in [0.15, 0.2) is 0 Å². The molecule has 98 valence electrons. The summed E-state index contributed by atoms with van der Waals surface area (Å²) in [4.78, 5) is 14.2. The van der Waals surface area contributed by atoms with Gasteiger partial charge >= 0.3 is 0 Å². The Bertz CT molecular complexity index is 261. The number of hydrogen-bond donors (Lipinski definition) is 2. The molecule has 2 N–H and O–H groups in total. The van der Waals surface area contributed by atoms with E-state index in [1.807, 2.05) is 0 Å². The van der Waals surface area contributed by atoms with E-state index in [4.69, 9.17) is 0 Å². The number of carbonyl (C=O) groups excluding carboxylic acids is 1. The van der Waals surface area contributed by atoms with Crippen LogP contribution in [0.5, 0.6) is 0 Å². The Kier molecular flexibility index (Phi) is 4.40. The Hall–Kier alpha value is -0.610. The maximum atomic E-state index is 11.6. The molecule has 4 heteroatoms. The molecule has 2 unspecified atom stereocenters. The third kappa shape index (κ3) is 3.19. The first-order valence-corrected chi connectivity index (χ1v) is 6.89. The molecule has 2 aliphatic rings. The number of carbonyl (C=O) groups is 1. The summed E-state index contributed by atoms with van der Waals surface area (Å²) in [7, 11) is 1.74. The van der Waals surface area contributed by atoms with E-state index in [1.165, 1.54) is 12.8 Å². The molecule has 17 heavy (non-hydrogen) atoms. The number of hydrogen-bond acceptors (Lipinski definition) is 3. The van der Waals surface area contributed by atoms with Gasteiger partial charge in [0, 0.05) is 25.0 Å². The number of amides is 1. The van der Waals surface area contributed by atoms with Gasteiger partial charge in [-0.3, -0.25) is 4.79 Å². The van der Waals surface area contributed by atoms with Crippen molar-refractivity contribution in [3.05, 3.63) is 0 Å². The summed E-state index contributed by atoms with van der Waals surface area (Å²) in [6.07, 6.45) is 4.57. The van der Waals surface area contributed by atoms with E-state index in [2.05, 4.69) is 22.5 Å². The third-order valence-corrected chi connectivity index (χ3v) is 4.26. The normalized spacial score (nSPS) is 32.4. The number of nitrogens with zero attached hydrogens (tertiary/aromatic N) is 1. The van der Waals surface area contributed by atoms with E-state index in [-0.39, 0.29) is 11.8 Å². The molecule has 0 aliphatic carbocycles. The first-order valence-electron chi connectivity index (χ1n) is 6.89. The summed E-state index contributed by atoms with van der Waals surface area (Å²) >= 11 is 0. The zero-order chi connectivity index (χ0) is 12.3. The molecular weight excluding hydrogens is 214 g/mol. The van der Waals surface area contributed by atoms with Gasteiger partial charge in [0.2, 0.25) is 5.91 Å². The number of piperidine rings is 2. The van der Waals surface area contributed by atoms with Crippen LogP contribution in [0.1, 0.15) is 32.6 Å². The first kappa shape index (κ1) is 12.8. The van der Waals surface area contributed by atoms with Crippen molar-refractivity contribution in [2.75, 3.05) is 26.7 Å². The molecule has 4 nitrogen and oxygen atoms in total. The van der Waals surface area contributed by atoms with Gasteiger partial charge in [-0.25, -0.2) is 0 Å². The van der Waals surface area contributed by atoms with Gasteiger partial charge < -0.3 is 15.5 Å². The molecule has 2 saturated heterocycles. The van der Waals surface area contributed by atoms with Crippen molar-refractivity contribution >= 4 is 5.91 Å². The van der Waals surface area contributed by atoms with Crippen LogP contribution in [0, 0.1) is 5.92 Å². The molecule has 0 aromatic carbocycles. The maximum absolute atomic E-state index is 11.6. The largest absolute Gasteiger partial charge is 0.359 e. The molecule has 2 heterocycles. The number of nitrogens with one attached hydrogen (secondary N) is 2. The molecule has 2 fully saturated rings. The highest BCUT2D eigenvalue weighted by molar-refractivity contribution is 5.78. The van der Waals surface area contributed by atoms with Crippen LogP contribution in [-0.4, -0.2) is 49.6 Å². The second-order valence-electron chi connectivity index (χ2n) is 5.46. The fourth-order valence-electron chi connectivity index (χ4n) is 3.17. The average Bonchev–Trinajstić information content (AvgIpc) is 2.38. The smallest absolute Gasteiger partial charge is 0.222 e. The Morgan fingerprint density at radius 1 is 1.29 bits per heavy atom. The lowest BCUT2D eigenvalue weighted by Gasteiger charge is -2.40. The van der Waals surface area contributed by atoms with Crippen molar-refractivity contribution < 1.29 is 4.79 Å². The Morgan fingerprint density at radius 3 is 2.59 bits per heavy atom. The molecule has 2 rings (SSSR count). The first-order chi connectivity index (χ1) is 8.20. The van der Waals surface area contributed by atoms with Crippen molar-refractivity contribution in [2.24, 2.45) is 5.92 Å². The molecule has 0 aromatic rings. The molecule has 2 atom stereocenters. The highest BCUT2D eigenvalue weighted by atomic mass is 16.1. The summed E-state index contributed by atoms with van der Waals surface area (Å²) in [6, 6.07) is 1.38. The van der Waals surface area contributed by atoms with Crippen molar-refractivity contribution in [1.29, 1.82) is 0 Å². The van der Waals surface area contributed by atoms with Crippen molar-refractivity contribution in [3.8, 4) is 0 Å². The molecule has 0 radical (unpaired) electrons. The average molecular weight is 239 g/mol. The van der Waals surface area contributed by atoms with Crippen LogP contribution in [0.3, 0.4) is 0 Å². The maximum Gasteiger partial charge on any atom is 0.222 e. The molecule has 0 spiro atoms. The summed E-state index contributed by atoms with van der Waals surface area (Å²) < 4.78 is 0. The van der Waals surface area contributed by atoms with E-state index < -0.39 is 0 Å². The summed E-state index contributed by atoms with van der Waals surface area (Å²) in [6.45, 7) is 5.59. The van der Waals surface area contributed by atoms with Gasteiger partial charge in [0.15, 0.2) is 0 Å². The second kappa shape index (κ2) is 5.83. The lowest BCUT2D eigenvalue weighted by molar-refractivity contribution is -0.126. The lowest BCUT2D eigenvalue weighted by atomic mass is 9.92. The predicted octanol–water partition coefficient (Wildman–Crippen LogP) is 0.585. The third-order valence-electron chi connectivity index (χ3n) is 4.26. The summed E-state index contributed by atoms with van der Waals surface area (Å²) in [5.74, 6) is 0.471. The summed E-state index contributed by atoms with van der Waals surface area (Å²) in [5, 5.41) is 6.27. The number of likely N-dealkylation sites (tertiary alicyclic amines) is 1. The lowest BCUT2D eigenvalue weighted by Crippen LogP contribution is -2.50. The zero-order valence-corrected chi connectivity index (χ0v) is 11.0. The minimum atomic E-state index is 0.225. The Balaban J connectivity index is 1.80. The van der Waals surface area contributed by atoms with Crippen LogP contribution in [0.25, 0.3) is 0 Å². The fraction of sp³-hybridized carbons (Fsp3) is 0.923. The van der Waals surface area contributed by atoms with Gasteiger partial charge in [-0.05, 0) is 52.2 Å². The molecular formula is C13H25N3O. The van der Waals surface area contributed by atoms with Crippen molar-refractivity contribution in [3.63, 3.8) is 0 Å². The van der Waals surface area contributed by atoms with Gasteiger partial charge in [-0.1, -0.05) is 0 Å². The SMILES string of the molecule is CNC(=O)C1CCN(C2CCNC(C)C2)CC1. The van der Waals surface area contributed by atoms with E-state index in [0.717, 1.165) is 38.5 Å². The van der Waals surface area contributed by atoms with Gasteiger partial charge in [-0.2, -0.15) is 0 Å². The van der Waals surface area contributed by atoms with Gasteiger partial charge in [0.1, 0.15) is 0 Å². The second-order valence-corrected chi connectivity index (χ2v) is 5.46. The van der Waals surface area contributed by atoms with Crippen molar-refractivity contribution in [2.45, 2.75) is 44.7 Å². The minimum absolute atomic E-state index is 0.225. The van der Waals surface area contributed by atoms with Crippen LogP contribution >= 0.6 is 0 Å². The van der Waals surface area contributed by atoms with E-state index >= 15 is 0 Å². The van der Waals surface area contributed by atoms with Gasteiger partial charge in [0.25, 0.3) is 0 Å². The van der Waals surface area contributed by atoms with Crippen LogP contribution < -0.4 is 10.6 Å². The summed E-state index contributed by atoms with van der Waals surface area (Å²) in [5.41, 5.74) is 0.